The summed E-state index contributed by atoms with van der Waals surface area (Å²) in [5.41, 5.74) is 8.20. The van der Waals surface area contributed by atoms with Gasteiger partial charge in [0.05, 0.1) is 17.1 Å². The molecule has 6 aromatic rings. The van der Waals surface area contributed by atoms with Crippen LogP contribution in [0.15, 0.2) is 134 Å². The van der Waals surface area contributed by atoms with Gasteiger partial charge >= 0.3 is 0 Å². The Labute approximate surface area is 215 Å². The Morgan fingerprint density at radius 1 is 0.432 bits per heavy atom. The molecule has 0 aliphatic heterocycles. The van der Waals surface area contributed by atoms with Crippen molar-refractivity contribution in [2.45, 2.75) is 0 Å². The molecule has 4 aromatic carbocycles. The molecule has 37 heavy (non-hydrogen) atoms. The number of rotatable bonds is 5. The van der Waals surface area contributed by atoms with Gasteiger partial charge in [0.15, 0.2) is 5.82 Å². The molecule has 2 aromatic heterocycles. The summed E-state index contributed by atoms with van der Waals surface area (Å²) >= 11 is 0. The Morgan fingerprint density at radius 3 is 1.65 bits per heavy atom. The summed E-state index contributed by atoms with van der Waals surface area (Å²) in [6.07, 6.45) is 1.83. The van der Waals surface area contributed by atoms with E-state index in [0.29, 0.717) is 11.4 Å². The Kier molecular flexibility index (Phi) is 5.97. The highest BCUT2D eigenvalue weighted by atomic mass is 16.3. The quantitative estimate of drug-likeness (QED) is 0.274. The van der Waals surface area contributed by atoms with Crippen LogP contribution >= 0.6 is 0 Å². The van der Waals surface area contributed by atoms with Crippen LogP contribution in [0, 0.1) is 0 Å². The van der Waals surface area contributed by atoms with E-state index in [2.05, 4.69) is 41.4 Å². The van der Waals surface area contributed by atoms with Gasteiger partial charge in [-0.25, -0.2) is 9.97 Å². The molecule has 0 saturated carbocycles. The van der Waals surface area contributed by atoms with Gasteiger partial charge in [0.25, 0.3) is 0 Å². The first kappa shape index (κ1) is 22.4. The number of phenolic OH excluding ortho intramolecular Hbond substituents is 1. The van der Waals surface area contributed by atoms with E-state index in [-0.39, 0.29) is 5.75 Å². The number of pyridine rings is 1. The SMILES string of the molecule is Oc1ccccc1-c1ccc(-c2cccc(-c3nc(-c4ccccc4)cc(-c4ccccc4)n3)c2)cn1. The average molecular weight is 478 g/mol. The normalized spacial score (nSPS) is 10.8. The lowest BCUT2D eigenvalue weighted by atomic mass is 10.0. The van der Waals surface area contributed by atoms with E-state index >= 15 is 0 Å². The predicted molar refractivity (Wildman–Crippen MR) is 149 cm³/mol. The predicted octanol–water partition coefficient (Wildman–Crippen LogP) is 7.91. The molecule has 6 rings (SSSR count). The van der Waals surface area contributed by atoms with Crippen LogP contribution in [-0.4, -0.2) is 20.1 Å². The van der Waals surface area contributed by atoms with Crippen LogP contribution in [0.5, 0.6) is 5.75 Å². The molecule has 0 atom stereocenters. The third-order valence-electron chi connectivity index (χ3n) is 6.26. The van der Waals surface area contributed by atoms with Crippen molar-refractivity contribution in [3.63, 3.8) is 0 Å². The monoisotopic (exact) mass is 477 g/mol. The first-order valence-corrected chi connectivity index (χ1v) is 12.1. The maximum absolute atomic E-state index is 10.2. The summed E-state index contributed by atoms with van der Waals surface area (Å²) in [5.74, 6) is 0.884. The molecule has 0 bridgehead atoms. The van der Waals surface area contributed by atoms with Crippen molar-refractivity contribution in [2.75, 3.05) is 0 Å². The van der Waals surface area contributed by atoms with Gasteiger partial charge in [-0.2, -0.15) is 0 Å². The van der Waals surface area contributed by atoms with Crippen LogP contribution < -0.4 is 0 Å². The van der Waals surface area contributed by atoms with E-state index in [9.17, 15) is 5.11 Å². The third-order valence-corrected chi connectivity index (χ3v) is 6.26. The Bertz CT molecular complexity index is 1610. The van der Waals surface area contributed by atoms with E-state index in [4.69, 9.17) is 9.97 Å². The van der Waals surface area contributed by atoms with Gasteiger partial charge in [0.1, 0.15) is 5.75 Å². The summed E-state index contributed by atoms with van der Waals surface area (Å²) < 4.78 is 0. The second-order valence-electron chi connectivity index (χ2n) is 8.72. The third kappa shape index (κ3) is 4.73. The standard InChI is InChI=1S/C33H23N3O/c37-32-17-8-7-16-28(32)29-19-18-27(22-34-29)25-14-9-15-26(20-25)33-35-30(23-10-3-1-4-11-23)21-31(36-33)24-12-5-2-6-13-24/h1-22,37H. The van der Waals surface area contributed by atoms with Crippen LogP contribution in [0.1, 0.15) is 0 Å². The number of aromatic nitrogens is 3. The smallest absolute Gasteiger partial charge is 0.160 e. The maximum atomic E-state index is 10.2. The lowest BCUT2D eigenvalue weighted by Crippen LogP contribution is -1.96. The zero-order valence-electron chi connectivity index (χ0n) is 20.0. The van der Waals surface area contributed by atoms with Crippen molar-refractivity contribution in [3.8, 4) is 62.0 Å². The number of benzene rings is 4. The van der Waals surface area contributed by atoms with E-state index in [0.717, 1.165) is 44.9 Å². The molecule has 0 amide bonds. The number of aromatic hydroxyl groups is 1. The molecular formula is C33H23N3O. The van der Waals surface area contributed by atoms with Crippen LogP contribution in [-0.2, 0) is 0 Å². The molecule has 0 fully saturated rings. The molecule has 4 nitrogen and oxygen atoms in total. The lowest BCUT2D eigenvalue weighted by molar-refractivity contribution is 0.477. The number of phenols is 1. The number of nitrogens with zero attached hydrogens (tertiary/aromatic N) is 3. The number of para-hydroxylation sites is 1. The lowest BCUT2D eigenvalue weighted by Gasteiger charge is -2.11. The summed E-state index contributed by atoms with van der Waals surface area (Å²) in [7, 11) is 0. The Balaban J connectivity index is 1.41. The van der Waals surface area contributed by atoms with E-state index in [1.165, 1.54) is 0 Å². The van der Waals surface area contributed by atoms with Crippen LogP contribution in [0.2, 0.25) is 0 Å². The van der Waals surface area contributed by atoms with Gasteiger partial charge in [-0.05, 0) is 35.9 Å². The Morgan fingerprint density at radius 2 is 1.03 bits per heavy atom. The fraction of sp³-hybridized carbons (Fsp3) is 0. The second kappa shape index (κ2) is 9.88. The number of hydrogen-bond donors (Lipinski definition) is 1. The van der Waals surface area contributed by atoms with Gasteiger partial charge in [-0.15, -0.1) is 0 Å². The molecule has 1 N–H and O–H groups in total. The molecule has 4 heteroatoms. The molecule has 0 aliphatic carbocycles. The number of hydrogen-bond acceptors (Lipinski definition) is 4. The molecule has 176 valence electrons. The molecule has 0 aliphatic rings. The molecule has 2 heterocycles. The van der Waals surface area contributed by atoms with Crippen molar-refractivity contribution in [1.82, 2.24) is 15.0 Å². The van der Waals surface area contributed by atoms with E-state index in [1.807, 2.05) is 85.1 Å². The average Bonchev–Trinajstić information content (AvgIpc) is 2.98. The van der Waals surface area contributed by atoms with Gasteiger partial charge in [-0.1, -0.05) is 97.1 Å². The minimum atomic E-state index is 0.217. The van der Waals surface area contributed by atoms with Crippen molar-refractivity contribution in [1.29, 1.82) is 0 Å². The van der Waals surface area contributed by atoms with Gasteiger partial charge in [0, 0.05) is 34.0 Å². The van der Waals surface area contributed by atoms with E-state index in [1.54, 1.807) is 12.1 Å². The second-order valence-corrected chi connectivity index (χ2v) is 8.72. The molecule has 0 spiro atoms. The van der Waals surface area contributed by atoms with Crippen LogP contribution in [0.25, 0.3) is 56.3 Å². The molecule has 0 radical (unpaired) electrons. The minimum absolute atomic E-state index is 0.217. The summed E-state index contributed by atoms with van der Waals surface area (Å²) in [6, 6.07) is 41.8. The summed E-state index contributed by atoms with van der Waals surface area (Å²) in [4.78, 5) is 14.5. The molecular weight excluding hydrogens is 454 g/mol. The summed E-state index contributed by atoms with van der Waals surface area (Å²) in [6.45, 7) is 0. The first-order chi connectivity index (χ1) is 18.2. The first-order valence-electron chi connectivity index (χ1n) is 12.1. The topological polar surface area (TPSA) is 58.9 Å². The van der Waals surface area contributed by atoms with Crippen molar-refractivity contribution >= 4 is 0 Å². The fourth-order valence-corrected chi connectivity index (χ4v) is 4.34. The molecule has 0 unspecified atom stereocenters. The van der Waals surface area contributed by atoms with Gasteiger partial charge < -0.3 is 5.11 Å². The fourth-order valence-electron chi connectivity index (χ4n) is 4.34. The zero-order chi connectivity index (χ0) is 25.0. The minimum Gasteiger partial charge on any atom is -0.507 e. The van der Waals surface area contributed by atoms with Crippen molar-refractivity contribution in [2.24, 2.45) is 0 Å². The highest BCUT2D eigenvalue weighted by molar-refractivity contribution is 5.75. The Hall–Kier alpha value is -5.09. The zero-order valence-corrected chi connectivity index (χ0v) is 20.0. The highest BCUT2D eigenvalue weighted by Crippen LogP contribution is 2.31. The molecule has 0 saturated heterocycles. The maximum Gasteiger partial charge on any atom is 0.160 e. The van der Waals surface area contributed by atoms with E-state index < -0.39 is 0 Å². The van der Waals surface area contributed by atoms with Gasteiger partial charge in [0.2, 0.25) is 0 Å². The highest BCUT2D eigenvalue weighted by Gasteiger charge is 2.12. The van der Waals surface area contributed by atoms with Crippen LogP contribution in [0.3, 0.4) is 0 Å². The summed E-state index contributed by atoms with van der Waals surface area (Å²) in [5, 5.41) is 10.2. The van der Waals surface area contributed by atoms with Gasteiger partial charge in [-0.3, -0.25) is 4.98 Å². The van der Waals surface area contributed by atoms with Crippen molar-refractivity contribution in [3.05, 3.63) is 134 Å². The van der Waals surface area contributed by atoms with Crippen molar-refractivity contribution < 1.29 is 5.11 Å². The largest absolute Gasteiger partial charge is 0.507 e. The van der Waals surface area contributed by atoms with Crippen LogP contribution in [0.4, 0.5) is 0 Å².